The second-order valence-electron chi connectivity index (χ2n) is 5.13. The number of benzene rings is 1. The third kappa shape index (κ3) is 2.41. The van der Waals surface area contributed by atoms with Crippen molar-refractivity contribution in [3.05, 3.63) is 36.0 Å². The van der Waals surface area contributed by atoms with Crippen molar-refractivity contribution in [2.45, 2.75) is 24.9 Å². The standard InChI is InChI=1S/C15H18N2O2/c1-19-13-4-2-3-11-5-6-12(17-14(11)13)9-16-15(10-18)7-8-15/h2-6,16,18H,7-10H2,1H3. The predicted molar refractivity (Wildman–Crippen MR) is 74.2 cm³/mol. The van der Waals surface area contributed by atoms with E-state index < -0.39 is 0 Å². The number of aliphatic hydroxyl groups is 1. The van der Waals surface area contributed by atoms with Crippen molar-refractivity contribution in [2.24, 2.45) is 0 Å². The summed E-state index contributed by atoms with van der Waals surface area (Å²) in [7, 11) is 1.66. The Kier molecular flexibility index (Phi) is 3.12. The summed E-state index contributed by atoms with van der Waals surface area (Å²) < 4.78 is 5.34. The van der Waals surface area contributed by atoms with Crippen LogP contribution in [0.3, 0.4) is 0 Å². The van der Waals surface area contributed by atoms with Crippen LogP contribution < -0.4 is 10.1 Å². The van der Waals surface area contributed by atoms with Gasteiger partial charge in [-0.2, -0.15) is 0 Å². The zero-order valence-corrected chi connectivity index (χ0v) is 11.0. The van der Waals surface area contributed by atoms with Gasteiger partial charge in [-0.05, 0) is 25.0 Å². The third-order valence-corrected chi connectivity index (χ3v) is 3.76. The maximum absolute atomic E-state index is 9.29. The van der Waals surface area contributed by atoms with Crippen LogP contribution >= 0.6 is 0 Å². The van der Waals surface area contributed by atoms with Gasteiger partial charge in [0.25, 0.3) is 0 Å². The molecule has 1 aromatic carbocycles. The van der Waals surface area contributed by atoms with Crippen molar-refractivity contribution in [1.82, 2.24) is 10.3 Å². The first-order valence-electron chi connectivity index (χ1n) is 6.55. The van der Waals surface area contributed by atoms with Gasteiger partial charge in [0.05, 0.1) is 19.4 Å². The molecule has 1 aliphatic carbocycles. The molecule has 0 spiro atoms. The molecule has 0 amide bonds. The number of hydrogen-bond acceptors (Lipinski definition) is 4. The van der Waals surface area contributed by atoms with E-state index >= 15 is 0 Å². The maximum Gasteiger partial charge on any atom is 0.145 e. The summed E-state index contributed by atoms with van der Waals surface area (Å²) in [5.74, 6) is 0.794. The maximum atomic E-state index is 9.29. The molecule has 1 saturated carbocycles. The SMILES string of the molecule is COc1cccc2ccc(CNC3(CO)CC3)nc12. The summed E-state index contributed by atoms with van der Waals surface area (Å²) in [6.45, 7) is 0.873. The summed E-state index contributed by atoms with van der Waals surface area (Å²) in [5, 5.41) is 13.7. The fraction of sp³-hybridized carbons (Fsp3) is 0.400. The first-order chi connectivity index (χ1) is 9.26. The molecule has 100 valence electrons. The number of aliphatic hydroxyl groups excluding tert-OH is 1. The van der Waals surface area contributed by atoms with Gasteiger partial charge in [0, 0.05) is 17.5 Å². The van der Waals surface area contributed by atoms with E-state index in [2.05, 4.69) is 16.4 Å². The third-order valence-electron chi connectivity index (χ3n) is 3.76. The predicted octanol–water partition coefficient (Wildman–Crippen LogP) is 1.86. The monoisotopic (exact) mass is 258 g/mol. The van der Waals surface area contributed by atoms with E-state index in [4.69, 9.17) is 4.74 Å². The number of pyridine rings is 1. The lowest BCUT2D eigenvalue weighted by molar-refractivity contribution is 0.229. The number of ether oxygens (including phenoxy) is 1. The molecule has 0 aliphatic heterocycles. The quantitative estimate of drug-likeness (QED) is 0.859. The van der Waals surface area contributed by atoms with Gasteiger partial charge in [-0.3, -0.25) is 0 Å². The van der Waals surface area contributed by atoms with Crippen molar-refractivity contribution in [3.63, 3.8) is 0 Å². The van der Waals surface area contributed by atoms with Crippen molar-refractivity contribution in [2.75, 3.05) is 13.7 Å². The number of nitrogens with one attached hydrogen (secondary N) is 1. The van der Waals surface area contributed by atoms with Gasteiger partial charge in [0.1, 0.15) is 11.3 Å². The first-order valence-corrected chi connectivity index (χ1v) is 6.55. The average molecular weight is 258 g/mol. The fourth-order valence-electron chi connectivity index (χ4n) is 2.24. The largest absolute Gasteiger partial charge is 0.494 e. The van der Waals surface area contributed by atoms with Crippen LogP contribution in [0.2, 0.25) is 0 Å². The molecule has 0 atom stereocenters. The Labute approximate surface area is 112 Å². The highest BCUT2D eigenvalue weighted by Crippen LogP contribution is 2.34. The van der Waals surface area contributed by atoms with Crippen LogP contribution in [-0.4, -0.2) is 29.3 Å². The van der Waals surface area contributed by atoms with Crippen LogP contribution in [0.25, 0.3) is 10.9 Å². The van der Waals surface area contributed by atoms with Crippen LogP contribution in [0.1, 0.15) is 18.5 Å². The second-order valence-corrected chi connectivity index (χ2v) is 5.13. The van der Waals surface area contributed by atoms with Gasteiger partial charge in [0.2, 0.25) is 0 Å². The van der Waals surface area contributed by atoms with Crippen LogP contribution in [0, 0.1) is 0 Å². The van der Waals surface area contributed by atoms with E-state index in [0.29, 0.717) is 6.54 Å². The zero-order chi connectivity index (χ0) is 13.3. The van der Waals surface area contributed by atoms with Crippen LogP contribution in [-0.2, 0) is 6.54 Å². The molecule has 19 heavy (non-hydrogen) atoms. The highest BCUT2D eigenvalue weighted by Gasteiger charge is 2.41. The molecule has 1 heterocycles. The number of hydrogen-bond donors (Lipinski definition) is 2. The summed E-state index contributed by atoms with van der Waals surface area (Å²) in [5.41, 5.74) is 1.80. The zero-order valence-electron chi connectivity index (χ0n) is 11.0. The van der Waals surface area contributed by atoms with Crippen LogP contribution in [0.4, 0.5) is 0 Å². The summed E-state index contributed by atoms with van der Waals surface area (Å²) in [6, 6.07) is 9.98. The van der Waals surface area contributed by atoms with Crippen molar-refractivity contribution >= 4 is 10.9 Å². The minimum Gasteiger partial charge on any atom is -0.494 e. The van der Waals surface area contributed by atoms with Gasteiger partial charge in [-0.25, -0.2) is 4.98 Å². The molecular weight excluding hydrogens is 240 g/mol. The molecule has 0 saturated heterocycles. The summed E-state index contributed by atoms with van der Waals surface area (Å²) in [4.78, 5) is 4.64. The lowest BCUT2D eigenvalue weighted by Crippen LogP contribution is -2.34. The molecule has 2 aromatic rings. The number of methoxy groups -OCH3 is 1. The number of rotatable bonds is 5. The molecule has 4 nitrogen and oxygen atoms in total. The Hall–Kier alpha value is -1.65. The van der Waals surface area contributed by atoms with Gasteiger partial charge in [0.15, 0.2) is 0 Å². The summed E-state index contributed by atoms with van der Waals surface area (Å²) in [6.07, 6.45) is 2.08. The van der Waals surface area contributed by atoms with E-state index in [0.717, 1.165) is 35.2 Å². The highest BCUT2D eigenvalue weighted by atomic mass is 16.5. The van der Waals surface area contributed by atoms with Crippen LogP contribution in [0.5, 0.6) is 5.75 Å². The van der Waals surface area contributed by atoms with E-state index in [-0.39, 0.29) is 12.1 Å². The minimum atomic E-state index is -0.0581. The van der Waals surface area contributed by atoms with Gasteiger partial charge in [-0.15, -0.1) is 0 Å². The minimum absolute atomic E-state index is 0.0581. The molecule has 1 fully saturated rings. The van der Waals surface area contributed by atoms with E-state index in [1.54, 1.807) is 7.11 Å². The van der Waals surface area contributed by atoms with Crippen LogP contribution in [0.15, 0.2) is 30.3 Å². The topological polar surface area (TPSA) is 54.4 Å². The molecule has 1 aliphatic rings. The average Bonchev–Trinajstić information content (AvgIpc) is 3.25. The van der Waals surface area contributed by atoms with Crippen molar-refractivity contribution in [3.8, 4) is 5.75 Å². The van der Waals surface area contributed by atoms with Gasteiger partial charge >= 0.3 is 0 Å². The Balaban J connectivity index is 1.84. The number of aromatic nitrogens is 1. The number of para-hydroxylation sites is 1. The lowest BCUT2D eigenvalue weighted by Gasteiger charge is -2.14. The smallest absolute Gasteiger partial charge is 0.145 e. The fourth-order valence-corrected chi connectivity index (χ4v) is 2.24. The van der Waals surface area contributed by atoms with E-state index in [9.17, 15) is 5.11 Å². The molecule has 0 bridgehead atoms. The molecule has 3 rings (SSSR count). The van der Waals surface area contributed by atoms with Crippen molar-refractivity contribution in [1.29, 1.82) is 0 Å². The van der Waals surface area contributed by atoms with Crippen molar-refractivity contribution < 1.29 is 9.84 Å². The summed E-state index contributed by atoms with van der Waals surface area (Å²) >= 11 is 0. The van der Waals surface area contributed by atoms with Gasteiger partial charge in [-0.1, -0.05) is 18.2 Å². The number of fused-ring (bicyclic) bond motifs is 1. The molecule has 2 N–H and O–H groups in total. The highest BCUT2D eigenvalue weighted by molar-refractivity contribution is 5.84. The molecule has 0 unspecified atom stereocenters. The second kappa shape index (κ2) is 4.79. The Morgan fingerprint density at radius 1 is 1.32 bits per heavy atom. The normalized spacial score (nSPS) is 16.5. The Bertz CT molecular complexity index is 594. The Morgan fingerprint density at radius 2 is 2.16 bits per heavy atom. The lowest BCUT2D eigenvalue weighted by atomic mass is 10.2. The molecular formula is C15H18N2O2. The molecule has 0 radical (unpaired) electrons. The Morgan fingerprint density at radius 3 is 2.84 bits per heavy atom. The van der Waals surface area contributed by atoms with E-state index in [1.165, 1.54) is 0 Å². The number of nitrogens with zero attached hydrogens (tertiary/aromatic N) is 1. The molecule has 4 heteroatoms. The molecule has 1 aromatic heterocycles. The van der Waals surface area contributed by atoms with E-state index in [1.807, 2.05) is 24.3 Å². The van der Waals surface area contributed by atoms with Gasteiger partial charge < -0.3 is 15.2 Å². The first kappa shape index (κ1) is 12.4.